The van der Waals surface area contributed by atoms with Gasteiger partial charge in [-0.1, -0.05) is 19.8 Å². The molecule has 0 atom stereocenters. The van der Waals surface area contributed by atoms with E-state index in [4.69, 9.17) is 5.73 Å². The van der Waals surface area contributed by atoms with Gasteiger partial charge in [-0.15, -0.1) is 0 Å². The van der Waals surface area contributed by atoms with Crippen molar-refractivity contribution in [2.45, 2.75) is 33.1 Å². The number of hydrogen-bond donors (Lipinski definition) is 2. The Morgan fingerprint density at radius 1 is 1.37 bits per heavy atom. The number of likely N-dealkylation sites (N-methyl/N-ethyl adjacent to an activating group) is 1. The van der Waals surface area contributed by atoms with E-state index in [9.17, 15) is 4.79 Å². The lowest BCUT2D eigenvalue weighted by molar-refractivity contribution is -0.117. The Kier molecular flexibility index (Phi) is 6.36. The summed E-state index contributed by atoms with van der Waals surface area (Å²) in [6.45, 7) is 5.50. The summed E-state index contributed by atoms with van der Waals surface area (Å²) in [5.41, 5.74) is 8.22. The average molecular weight is 263 g/mol. The molecule has 4 nitrogen and oxygen atoms in total. The normalized spacial score (nSPS) is 10.7. The molecule has 0 aliphatic carbocycles. The van der Waals surface area contributed by atoms with Gasteiger partial charge in [-0.25, -0.2) is 0 Å². The van der Waals surface area contributed by atoms with E-state index in [1.54, 1.807) is 6.07 Å². The highest BCUT2D eigenvalue weighted by atomic mass is 16.2. The number of hydrogen-bond acceptors (Lipinski definition) is 3. The van der Waals surface area contributed by atoms with E-state index in [-0.39, 0.29) is 5.91 Å². The molecule has 0 aliphatic rings. The van der Waals surface area contributed by atoms with E-state index < -0.39 is 0 Å². The number of nitrogens with one attached hydrogen (secondary N) is 1. The van der Waals surface area contributed by atoms with Gasteiger partial charge in [-0.05, 0) is 50.7 Å². The highest BCUT2D eigenvalue weighted by Gasteiger charge is 2.08. The van der Waals surface area contributed by atoms with E-state index in [2.05, 4.69) is 17.1 Å². The number of amides is 1. The molecule has 4 heteroatoms. The van der Waals surface area contributed by atoms with Crippen LogP contribution in [0.4, 0.5) is 11.4 Å². The molecule has 0 bridgehead atoms. The molecule has 0 aliphatic heterocycles. The summed E-state index contributed by atoms with van der Waals surface area (Å²) < 4.78 is 0. The van der Waals surface area contributed by atoms with Gasteiger partial charge >= 0.3 is 0 Å². The number of nitrogens with zero attached hydrogens (tertiary/aromatic N) is 1. The van der Waals surface area contributed by atoms with Crippen molar-refractivity contribution in [2.75, 3.05) is 31.2 Å². The predicted molar refractivity (Wildman–Crippen MR) is 81.2 cm³/mol. The van der Waals surface area contributed by atoms with Crippen molar-refractivity contribution in [2.24, 2.45) is 0 Å². The van der Waals surface area contributed by atoms with E-state index in [1.165, 1.54) is 12.8 Å². The van der Waals surface area contributed by atoms with Crippen LogP contribution < -0.4 is 11.1 Å². The molecule has 0 radical (unpaired) electrons. The smallest absolute Gasteiger partial charge is 0.238 e. The SMILES string of the molecule is CCCCCN(C)CC(=O)Nc1ccc(N)cc1C. The van der Waals surface area contributed by atoms with Crippen LogP contribution in [0.2, 0.25) is 0 Å². The Balaban J connectivity index is 2.42. The number of carbonyl (C=O) groups is 1. The molecule has 0 aromatic heterocycles. The van der Waals surface area contributed by atoms with Gasteiger partial charge in [-0.3, -0.25) is 9.69 Å². The van der Waals surface area contributed by atoms with Crippen LogP contribution in [0.15, 0.2) is 18.2 Å². The second-order valence-electron chi connectivity index (χ2n) is 5.07. The zero-order valence-corrected chi connectivity index (χ0v) is 12.2. The lowest BCUT2D eigenvalue weighted by Crippen LogP contribution is -2.31. The number of nitrogen functional groups attached to an aromatic ring is 1. The molecular formula is C15H25N3O. The zero-order valence-electron chi connectivity index (χ0n) is 12.2. The molecule has 1 aromatic carbocycles. The van der Waals surface area contributed by atoms with Crippen molar-refractivity contribution in [1.82, 2.24) is 4.90 Å². The van der Waals surface area contributed by atoms with Gasteiger partial charge in [0.25, 0.3) is 0 Å². The van der Waals surface area contributed by atoms with Crippen molar-refractivity contribution in [3.8, 4) is 0 Å². The van der Waals surface area contributed by atoms with Gasteiger partial charge in [0.15, 0.2) is 0 Å². The molecule has 0 saturated carbocycles. The molecule has 0 heterocycles. The third kappa shape index (κ3) is 5.75. The fourth-order valence-electron chi connectivity index (χ4n) is 1.97. The van der Waals surface area contributed by atoms with Crippen molar-refractivity contribution < 1.29 is 4.79 Å². The minimum Gasteiger partial charge on any atom is -0.399 e. The van der Waals surface area contributed by atoms with E-state index in [0.717, 1.165) is 24.2 Å². The molecule has 1 rings (SSSR count). The quantitative estimate of drug-likeness (QED) is 0.587. The largest absolute Gasteiger partial charge is 0.399 e. The molecule has 106 valence electrons. The number of nitrogens with two attached hydrogens (primary N) is 1. The van der Waals surface area contributed by atoms with Crippen LogP contribution >= 0.6 is 0 Å². The monoisotopic (exact) mass is 263 g/mol. The van der Waals surface area contributed by atoms with Gasteiger partial charge in [0.05, 0.1) is 6.54 Å². The Morgan fingerprint density at radius 3 is 2.74 bits per heavy atom. The maximum Gasteiger partial charge on any atom is 0.238 e. The second kappa shape index (κ2) is 7.79. The van der Waals surface area contributed by atoms with Crippen molar-refractivity contribution >= 4 is 17.3 Å². The lowest BCUT2D eigenvalue weighted by Gasteiger charge is -2.16. The maximum atomic E-state index is 11.9. The topological polar surface area (TPSA) is 58.4 Å². The summed E-state index contributed by atoms with van der Waals surface area (Å²) in [6, 6.07) is 5.51. The van der Waals surface area contributed by atoms with Gasteiger partial charge in [0.2, 0.25) is 5.91 Å². The first-order valence-electron chi connectivity index (χ1n) is 6.87. The van der Waals surface area contributed by atoms with Gasteiger partial charge in [0.1, 0.15) is 0 Å². The standard InChI is InChI=1S/C15H25N3O/c1-4-5-6-9-18(3)11-15(19)17-14-8-7-13(16)10-12(14)2/h7-8,10H,4-6,9,11,16H2,1-3H3,(H,17,19). The van der Waals surface area contributed by atoms with Gasteiger partial charge in [-0.2, -0.15) is 0 Å². The van der Waals surface area contributed by atoms with Gasteiger partial charge in [0, 0.05) is 11.4 Å². The fraction of sp³-hybridized carbons (Fsp3) is 0.533. The van der Waals surface area contributed by atoms with Crippen molar-refractivity contribution in [3.63, 3.8) is 0 Å². The average Bonchev–Trinajstić information content (AvgIpc) is 2.33. The lowest BCUT2D eigenvalue weighted by atomic mass is 10.2. The van der Waals surface area contributed by atoms with Crippen LogP contribution in [0.25, 0.3) is 0 Å². The Labute approximate surface area is 116 Å². The number of aryl methyl sites for hydroxylation is 1. The Bertz CT molecular complexity index is 418. The van der Waals surface area contributed by atoms with Crippen LogP contribution in [-0.4, -0.2) is 30.9 Å². The second-order valence-corrected chi connectivity index (χ2v) is 5.07. The molecule has 0 saturated heterocycles. The van der Waals surface area contributed by atoms with E-state index in [1.807, 2.05) is 26.1 Å². The summed E-state index contributed by atoms with van der Waals surface area (Å²) in [4.78, 5) is 14.0. The minimum atomic E-state index is 0.0202. The Hall–Kier alpha value is -1.55. The first-order valence-corrected chi connectivity index (χ1v) is 6.87. The highest BCUT2D eigenvalue weighted by molar-refractivity contribution is 5.93. The maximum absolute atomic E-state index is 11.9. The Morgan fingerprint density at radius 2 is 2.11 bits per heavy atom. The first-order chi connectivity index (χ1) is 9.02. The molecule has 3 N–H and O–H groups in total. The predicted octanol–water partition coefficient (Wildman–Crippen LogP) is 2.64. The fourth-order valence-corrected chi connectivity index (χ4v) is 1.97. The molecule has 19 heavy (non-hydrogen) atoms. The van der Waals surface area contributed by atoms with Crippen LogP contribution in [-0.2, 0) is 4.79 Å². The van der Waals surface area contributed by atoms with E-state index >= 15 is 0 Å². The molecule has 0 spiro atoms. The summed E-state index contributed by atoms with van der Waals surface area (Å²) in [5, 5.41) is 2.92. The third-order valence-electron chi connectivity index (χ3n) is 3.08. The van der Waals surface area contributed by atoms with Crippen molar-refractivity contribution in [1.29, 1.82) is 0 Å². The number of carbonyl (C=O) groups excluding carboxylic acids is 1. The summed E-state index contributed by atoms with van der Waals surface area (Å²) in [7, 11) is 1.98. The third-order valence-corrected chi connectivity index (χ3v) is 3.08. The van der Waals surface area contributed by atoms with Crippen LogP contribution in [0.5, 0.6) is 0 Å². The van der Waals surface area contributed by atoms with Gasteiger partial charge < -0.3 is 11.1 Å². The molecule has 1 aromatic rings. The van der Waals surface area contributed by atoms with E-state index in [0.29, 0.717) is 12.2 Å². The number of anilines is 2. The number of benzene rings is 1. The molecule has 0 fully saturated rings. The molecular weight excluding hydrogens is 238 g/mol. The van der Waals surface area contributed by atoms with Crippen LogP contribution in [0.1, 0.15) is 31.7 Å². The molecule has 0 unspecified atom stereocenters. The summed E-state index contributed by atoms with van der Waals surface area (Å²) >= 11 is 0. The van der Waals surface area contributed by atoms with Crippen molar-refractivity contribution in [3.05, 3.63) is 23.8 Å². The highest BCUT2D eigenvalue weighted by Crippen LogP contribution is 2.17. The van der Waals surface area contributed by atoms with Crippen LogP contribution in [0.3, 0.4) is 0 Å². The number of rotatable bonds is 7. The zero-order chi connectivity index (χ0) is 14.3. The molecule has 1 amide bonds. The minimum absolute atomic E-state index is 0.0202. The summed E-state index contributed by atoms with van der Waals surface area (Å²) in [6.07, 6.45) is 3.55. The van der Waals surface area contributed by atoms with Crippen LogP contribution in [0, 0.1) is 6.92 Å². The summed E-state index contributed by atoms with van der Waals surface area (Å²) in [5.74, 6) is 0.0202. The number of unbranched alkanes of at least 4 members (excludes halogenated alkanes) is 2. The first kappa shape index (κ1) is 15.5.